The van der Waals surface area contributed by atoms with E-state index in [0.717, 1.165) is 11.8 Å². The highest BCUT2D eigenvalue weighted by Gasteiger charge is 2.29. The van der Waals surface area contributed by atoms with E-state index in [0.29, 0.717) is 33.6 Å². The maximum Gasteiger partial charge on any atom is 0.442 e. The van der Waals surface area contributed by atoms with Gasteiger partial charge < -0.3 is 19.5 Å². The molecule has 164 valence electrons. The van der Waals surface area contributed by atoms with E-state index in [1.165, 1.54) is 25.0 Å². The van der Waals surface area contributed by atoms with Crippen LogP contribution in [0.15, 0.2) is 50.7 Å². The summed E-state index contributed by atoms with van der Waals surface area (Å²) in [5.74, 6) is 1.13. The summed E-state index contributed by atoms with van der Waals surface area (Å²) in [6, 6.07) is 10.1. The van der Waals surface area contributed by atoms with Gasteiger partial charge in [0.25, 0.3) is 0 Å². The second kappa shape index (κ2) is 9.80. The van der Waals surface area contributed by atoms with Crippen molar-refractivity contribution in [1.29, 1.82) is 0 Å². The van der Waals surface area contributed by atoms with Gasteiger partial charge in [0.1, 0.15) is 17.2 Å². The third kappa shape index (κ3) is 4.97. The van der Waals surface area contributed by atoms with E-state index in [-0.39, 0.29) is 10.9 Å². The number of anilines is 1. The van der Waals surface area contributed by atoms with Crippen molar-refractivity contribution < 1.29 is 28.2 Å². The molecule has 11 heteroatoms. The third-order valence-electron chi connectivity index (χ3n) is 4.33. The predicted molar refractivity (Wildman–Crippen MR) is 116 cm³/mol. The zero-order valence-corrected chi connectivity index (χ0v) is 18.8. The summed E-state index contributed by atoms with van der Waals surface area (Å²) in [6.45, 7) is 1.67. The van der Waals surface area contributed by atoms with Crippen molar-refractivity contribution in [3.05, 3.63) is 51.8 Å². The van der Waals surface area contributed by atoms with E-state index >= 15 is 0 Å². The fraction of sp³-hybridized carbons (Fsp3) is 0.250. The number of carbonyl (C=O) groups excluding carboxylic acids is 1. The van der Waals surface area contributed by atoms with Crippen LogP contribution in [0, 0.1) is 0 Å². The number of thioether (sulfide) groups is 1. The highest BCUT2D eigenvalue weighted by Crippen LogP contribution is 2.36. The number of hydrogen-bond acceptors (Lipinski definition) is 7. The maximum atomic E-state index is 12.8. The van der Waals surface area contributed by atoms with E-state index in [9.17, 15) is 9.59 Å². The first-order valence-electron chi connectivity index (χ1n) is 9.05. The van der Waals surface area contributed by atoms with Gasteiger partial charge in [0.2, 0.25) is 11.6 Å². The summed E-state index contributed by atoms with van der Waals surface area (Å²) in [7, 11) is 4.52. The van der Waals surface area contributed by atoms with Crippen molar-refractivity contribution in [3.8, 4) is 22.9 Å². The number of nitrogens with one attached hydrogen (secondary N) is 2. The maximum absolute atomic E-state index is 12.8. The van der Waals surface area contributed by atoms with E-state index in [2.05, 4.69) is 10.6 Å². The molecule has 1 heterocycles. The van der Waals surface area contributed by atoms with E-state index in [1.807, 2.05) is 0 Å². The molecule has 0 bridgehead atoms. The third-order valence-corrected chi connectivity index (χ3v) is 5.76. The molecule has 1 atom stereocenters. The van der Waals surface area contributed by atoms with Gasteiger partial charge in [-0.2, -0.15) is 0 Å². The Hall–Kier alpha value is -3.11. The molecule has 0 fully saturated rings. The fourth-order valence-electron chi connectivity index (χ4n) is 2.68. The fourth-order valence-corrected chi connectivity index (χ4v) is 3.81. The number of nitrogens with zero attached hydrogens (tertiary/aromatic N) is 1. The predicted octanol–water partition coefficient (Wildman–Crippen LogP) is 3.04. The molecule has 3 aromatic rings. The number of amides is 1. The molecular weight excluding hydrogens is 446 g/mol. The number of rotatable bonds is 8. The Balaban J connectivity index is 1.80. The smallest absolute Gasteiger partial charge is 0.442 e. The topological polar surface area (TPSA) is 107 Å². The summed E-state index contributed by atoms with van der Waals surface area (Å²) >= 11 is 7.21. The molecule has 1 amide bonds. The second-order valence-corrected chi connectivity index (χ2v) is 7.99. The Bertz CT molecular complexity index is 1130. The summed E-state index contributed by atoms with van der Waals surface area (Å²) in [4.78, 5) is 25.0. The lowest BCUT2D eigenvalue weighted by atomic mass is 10.2. The number of carbonyl (C=O) groups is 1. The number of methoxy groups -OCH3 is 3. The average molecular weight is 467 g/mol. The minimum Gasteiger partial charge on any atom is -0.497 e. The number of benzene rings is 2. The number of aromatic nitrogens is 2. The molecule has 2 N–H and O–H groups in total. The van der Waals surface area contributed by atoms with Crippen LogP contribution >= 0.6 is 23.4 Å². The molecule has 0 aliphatic heterocycles. The van der Waals surface area contributed by atoms with Crippen LogP contribution in [-0.2, 0) is 4.79 Å². The van der Waals surface area contributed by atoms with Gasteiger partial charge in [-0.25, -0.2) is 4.79 Å². The van der Waals surface area contributed by atoms with Crippen LogP contribution in [0.4, 0.5) is 5.69 Å². The first-order chi connectivity index (χ1) is 14.9. The molecule has 1 unspecified atom stereocenters. The van der Waals surface area contributed by atoms with Crippen LogP contribution in [0.25, 0.3) is 5.69 Å². The van der Waals surface area contributed by atoms with Crippen LogP contribution in [0.1, 0.15) is 6.92 Å². The van der Waals surface area contributed by atoms with Crippen molar-refractivity contribution in [3.63, 3.8) is 0 Å². The number of ether oxygens (including phenoxy) is 3. The van der Waals surface area contributed by atoms with Crippen molar-refractivity contribution in [1.82, 2.24) is 5.27 Å². The summed E-state index contributed by atoms with van der Waals surface area (Å²) in [5, 5.41) is 5.20. The number of aromatic amines is 1. The van der Waals surface area contributed by atoms with Gasteiger partial charge in [0.15, 0.2) is 0 Å². The van der Waals surface area contributed by atoms with Gasteiger partial charge >= 0.3 is 10.7 Å². The van der Waals surface area contributed by atoms with Crippen LogP contribution in [0.5, 0.6) is 17.2 Å². The normalized spacial score (nSPS) is 11.6. The largest absolute Gasteiger partial charge is 0.497 e. The molecule has 0 radical (unpaired) electrons. The van der Waals surface area contributed by atoms with Gasteiger partial charge in [-0.05, 0) is 46.8 Å². The number of hydrogen-bond donors (Lipinski definition) is 2. The minimum atomic E-state index is -0.645. The van der Waals surface area contributed by atoms with Gasteiger partial charge in [-0.1, -0.05) is 11.6 Å². The zero-order valence-electron chi connectivity index (χ0n) is 17.2. The molecule has 0 spiro atoms. The van der Waals surface area contributed by atoms with Gasteiger partial charge in [0.05, 0.1) is 37.3 Å². The average Bonchev–Trinajstić information content (AvgIpc) is 3.14. The Kier molecular flexibility index (Phi) is 7.13. The van der Waals surface area contributed by atoms with Gasteiger partial charge in [0, 0.05) is 18.2 Å². The quantitative estimate of drug-likeness (QED) is 0.388. The lowest BCUT2D eigenvalue weighted by Gasteiger charge is -2.14. The Labute approximate surface area is 187 Å². The van der Waals surface area contributed by atoms with Crippen LogP contribution in [0.2, 0.25) is 5.02 Å². The van der Waals surface area contributed by atoms with Crippen molar-refractivity contribution >= 4 is 35.0 Å². The Morgan fingerprint density at radius 1 is 1.13 bits per heavy atom. The Morgan fingerprint density at radius 3 is 2.42 bits per heavy atom. The van der Waals surface area contributed by atoms with Crippen LogP contribution in [0.3, 0.4) is 0 Å². The van der Waals surface area contributed by atoms with Crippen LogP contribution < -0.4 is 29.8 Å². The van der Waals surface area contributed by atoms with Crippen molar-refractivity contribution in [2.45, 2.75) is 17.2 Å². The summed E-state index contributed by atoms with van der Waals surface area (Å²) in [5.41, 5.74) is 0.436. The first-order valence-corrected chi connectivity index (χ1v) is 10.3. The molecule has 2 aromatic carbocycles. The molecule has 0 saturated carbocycles. The molecule has 0 aliphatic carbocycles. The standard InChI is InChI=1S/C20H20ClN3O6S/c1-11(18(25)22-15-9-14(21)16(28-3)10-17(15)29-4)31-19-20(26)30-23-24(19)12-5-7-13(27-2)8-6-12/h5-11H,1-4H3,(H-,22,23,25,26)/p+1. The SMILES string of the molecule is COc1ccc(-[n+]2[nH]oc(=O)c2SC(C)C(=O)Nc2cc(Cl)c(OC)cc2OC)cc1. The molecular formula is C20H21ClN3O6S+. The zero-order chi connectivity index (χ0) is 22.5. The summed E-state index contributed by atoms with van der Waals surface area (Å²) < 4.78 is 22.0. The van der Waals surface area contributed by atoms with Crippen molar-refractivity contribution in [2.24, 2.45) is 0 Å². The monoisotopic (exact) mass is 466 g/mol. The second-order valence-electron chi connectivity index (χ2n) is 6.26. The molecule has 0 aliphatic rings. The minimum absolute atomic E-state index is 0.215. The molecule has 31 heavy (non-hydrogen) atoms. The van der Waals surface area contributed by atoms with Crippen LogP contribution in [-0.4, -0.2) is 37.8 Å². The van der Waals surface area contributed by atoms with Gasteiger partial charge in [-0.3, -0.25) is 9.32 Å². The molecule has 1 aromatic heterocycles. The van der Waals surface area contributed by atoms with E-state index in [4.69, 9.17) is 30.3 Å². The lowest BCUT2D eigenvalue weighted by Crippen LogP contribution is -2.37. The number of H-pyrrole nitrogens is 1. The van der Waals surface area contributed by atoms with E-state index in [1.54, 1.807) is 44.4 Å². The first kappa shape index (κ1) is 22.6. The molecule has 0 saturated heterocycles. The van der Waals surface area contributed by atoms with E-state index < -0.39 is 10.9 Å². The van der Waals surface area contributed by atoms with Crippen molar-refractivity contribution in [2.75, 3.05) is 26.6 Å². The molecule has 3 rings (SSSR count). The lowest BCUT2D eigenvalue weighted by molar-refractivity contribution is -0.704. The summed E-state index contributed by atoms with van der Waals surface area (Å²) in [6.07, 6.45) is 0. The Morgan fingerprint density at radius 2 is 1.81 bits per heavy atom. The molecule has 9 nitrogen and oxygen atoms in total. The highest BCUT2D eigenvalue weighted by molar-refractivity contribution is 8.00. The number of halogens is 1. The highest BCUT2D eigenvalue weighted by atomic mass is 35.5. The van der Waals surface area contributed by atoms with Gasteiger partial charge in [-0.15, -0.1) is 0 Å².